The zero-order valence-corrected chi connectivity index (χ0v) is 29.1. The van der Waals surface area contributed by atoms with Crippen LogP contribution in [0.25, 0.3) is 17.0 Å². The highest BCUT2D eigenvalue weighted by molar-refractivity contribution is 6.34. The van der Waals surface area contributed by atoms with E-state index >= 15 is 0 Å². The molecule has 1 unspecified atom stereocenters. The first-order chi connectivity index (χ1) is 21.7. The van der Waals surface area contributed by atoms with Gasteiger partial charge >= 0.3 is 5.97 Å². The van der Waals surface area contributed by atoms with Crippen LogP contribution in [0, 0.1) is 5.92 Å². The number of benzene rings is 1. The van der Waals surface area contributed by atoms with E-state index in [4.69, 9.17) is 16.3 Å². The Morgan fingerprint density at radius 2 is 1.49 bits per heavy atom. The van der Waals surface area contributed by atoms with E-state index in [9.17, 15) is 9.59 Å². The van der Waals surface area contributed by atoms with Crippen LogP contribution >= 0.6 is 11.6 Å². The van der Waals surface area contributed by atoms with Crippen LogP contribution in [0.3, 0.4) is 0 Å². The molecule has 1 atom stereocenters. The van der Waals surface area contributed by atoms with Crippen molar-refractivity contribution in [1.29, 1.82) is 0 Å². The number of unbranched alkanes of at least 4 members (excludes halogenated alkanes) is 13. The van der Waals surface area contributed by atoms with E-state index in [0.29, 0.717) is 41.6 Å². The number of rotatable bonds is 21. The Morgan fingerprint density at radius 1 is 0.889 bits per heavy atom. The van der Waals surface area contributed by atoms with E-state index in [2.05, 4.69) is 48.2 Å². The predicted octanol–water partition coefficient (Wildman–Crippen LogP) is 10.1. The molecule has 0 aliphatic rings. The van der Waals surface area contributed by atoms with Gasteiger partial charge in [0.25, 0.3) is 0 Å². The number of amides is 1. The van der Waals surface area contributed by atoms with Crippen LogP contribution in [0.15, 0.2) is 24.3 Å². The highest BCUT2D eigenvalue weighted by atomic mass is 35.5. The minimum Gasteiger partial charge on any atom is -0.465 e. The van der Waals surface area contributed by atoms with Gasteiger partial charge in [-0.2, -0.15) is 5.10 Å². The summed E-state index contributed by atoms with van der Waals surface area (Å²) < 4.78 is 7.06. The predicted molar refractivity (Wildman–Crippen MR) is 185 cm³/mol. The molecule has 3 aromatic rings. The summed E-state index contributed by atoms with van der Waals surface area (Å²) in [6.45, 7) is 10.7. The van der Waals surface area contributed by atoms with Crippen molar-refractivity contribution >= 4 is 34.8 Å². The Balaban J connectivity index is 1.39. The number of hydrogen-bond donors (Lipinski definition) is 2. The van der Waals surface area contributed by atoms with Crippen molar-refractivity contribution in [1.82, 2.24) is 19.8 Å². The standard InChI is InChI=1S/C36H56ClN5O3/c1-6-8-9-10-11-12-13-14-15-16-17-18-19-20-25-45-35(44)29(22-7-2)34(43)38-28-24-21-23-27(26-28)32-39-33-30(37)31(36(3,4)5)40-42(33)41-32/h21,23-24,26,29H,6-20,22,25H2,1-5H3,(H,38,43)(H,39,41). The lowest BCUT2D eigenvalue weighted by Gasteiger charge is -2.16. The monoisotopic (exact) mass is 641 g/mol. The number of aromatic nitrogens is 4. The molecule has 1 amide bonds. The lowest BCUT2D eigenvalue weighted by atomic mass is 9.92. The van der Waals surface area contributed by atoms with Crippen LogP contribution < -0.4 is 5.32 Å². The molecule has 0 fully saturated rings. The molecular weight excluding hydrogens is 586 g/mol. The van der Waals surface area contributed by atoms with E-state index in [-0.39, 0.29) is 11.3 Å². The lowest BCUT2D eigenvalue weighted by molar-refractivity contribution is -0.151. The molecule has 8 nitrogen and oxygen atoms in total. The number of carbonyl (C=O) groups excluding carboxylic acids is 2. The minimum absolute atomic E-state index is 0.210. The van der Waals surface area contributed by atoms with E-state index in [1.807, 2.05) is 25.1 Å². The van der Waals surface area contributed by atoms with Crippen LogP contribution in [0.2, 0.25) is 5.02 Å². The van der Waals surface area contributed by atoms with Gasteiger partial charge in [-0.1, -0.05) is 148 Å². The Bertz CT molecular complexity index is 1330. The summed E-state index contributed by atoms with van der Waals surface area (Å²) in [5, 5.41) is 12.6. The van der Waals surface area contributed by atoms with Crippen molar-refractivity contribution in [3.8, 4) is 11.4 Å². The normalized spacial score (nSPS) is 12.5. The Hall–Kier alpha value is -2.87. The van der Waals surface area contributed by atoms with E-state index in [0.717, 1.165) is 30.5 Å². The Labute approximate surface area is 275 Å². The Morgan fingerprint density at radius 3 is 2.04 bits per heavy atom. The number of ether oxygens (including phenoxy) is 1. The molecule has 0 aliphatic carbocycles. The number of carbonyl (C=O) groups is 2. The molecule has 9 heteroatoms. The molecule has 2 aromatic heterocycles. The number of fused-ring (bicyclic) bond motifs is 1. The SMILES string of the molecule is CCCCCCCCCCCCCCCCOC(=O)C(CCC)C(=O)Nc1cccc(-c2nn3nc(C(C)(C)C)c(Cl)c3[nH]2)c1. The van der Waals surface area contributed by atoms with Gasteiger partial charge in [0.2, 0.25) is 5.91 Å². The molecule has 2 heterocycles. The van der Waals surface area contributed by atoms with Gasteiger partial charge in [-0.05, 0) is 25.0 Å². The number of nitrogens with one attached hydrogen (secondary N) is 2. The fourth-order valence-corrected chi connectivity index (χ4v) is 6.04. The molecule has 2 N–H and O–H groups in total. The number of H-pyrrole nitrogens is 1. The van der Waals surface area contributed by atoms with Crippen molar-refractivity contribution in [2.45, 2.75) is 143 Å². The average molecular weight is 642 g/mol. The average Bonchev–Trinajstić information content (AvgIpc) is 3.57. The molecule has 0 bridgehead atoms. The number of hydrogen-bond acceptors (Lipinski definition) is 5. The van der Waals surface area contributed by atoms with Gasteiger partial charge in [0.05, 0.1) is 12.3 Å². The first kappa shape index (κ1) is 36.6. The number of aromatic amines is 1. The second kappa shape index (κ2) is 18.9. The third-order valence-corrected chi connectivity index (χ3v) is 8.63. The molecular formula is C36H56ClN5O3. The highest BCUT2D eigenvalue weighted by Gasteiger charge is 2.28. The molecule has 45 heavy (non-hydrogen) atoms. The number of anilines is 1. The van der Waals surface area contributed by atoms with Gasteiger partial charge in [0, 0.05) is 16.7 Å². The molecule has 250 valence electrons. The molecule has 0 saturated carbocycles. The maximum absolute atomic E-state index is 13.2. The molecule has 1 aromatic carbocycles. The fourth-order valence-electron chi connectivity index (χ4n) is 5.60. The number of nitrogens with zero attached hydrogens (tertiary/aromatic N) is 3. The quantitative estimate of drug-likeness (QED) is 0.0684. The fraction of sp³-hybridized carbons (Fsp3) is 0.667. The summed E-state index contributed by atoms with van der Waals surface area (Å²) in [4.78, 5) is 29.3. The first-order valence-electron chi connectivity index (χ1n) is 17.4. The zero-order valence-electron chi connectivity index (χ0n) is 28.4. The second-order valence-electron chi connectivity index (χ2n) is 13.4. The molecule has 0 saturated heterocycles. The summed E-state index contributed by atoms with van der Waals surface area (Å²) in [5.41, 5.74) is 2.52. The van der Waals surface area contributed by atoms with Crippen molar-refractivity contribution < 1.29 is 14.3 Å². The molecule has 0 radical (unpaired) electrons. The summed E-state index contributed by atoms with van der Waals surface area (Å²) in [6.07, 6.45) is 19.0. The van der Waals surface area contributed by atoms with Gasteiger partial charge in [0.15, 0.2) is 11.5 Å². The van der Waals surface area contributed by atoms with Crippen LogP contribution in [0.1, 0.15) is 143 Å². The van der Waals surface area contributed by atoms with E-state index in [1.165, 1.54) is 75.3 Å². The number of halogens is 1. The maximum Gasteiger partial charge on any atom is 0.318 e. The third-order valence-electron chi connectivity index (χ3n) is 8.28. The van der Waals surface area contributed by atoms with Gasteiger partial charge in [0.1, 0.15) is 10.9 Å². The summed E-state index contributed by atoms with van der Waals surface area (Å²) in [6, 6.07) is 7.34. The lowest BCUT2D eigenvalue weighted by Crippen LogP contribution is -2.31. The maximum atomic E-state index is 13.2. The smallest absolute Gasteiger partial charge is 0.318 e. The van der Waals surface area contributed by atoms with Crippen LogP contribution in [-0.4, -0.2) is 38.3 Å². The van der Waals surface area contributed by atoms with Crippen molar-refractivity contribution in [3.05, 3.63) is 35.0 Å². The van der Waals surface area contributed by atoms with E-state index in [1.54, 1.807) is 6.07 Å². The van der Waals surface area contributed by atoms with E-state index < -0.39 is 11.9 Å². The molecule has 0 aliphatic heterocycles. The van der Waals surface area contributed by atoms with Crippen LogP contribution in [-0.2, 0) is 19.7 Å². The van der Waals surface area contributed by atoms with Crippen molar-refractivity contribution in [2.75, 3.05) is 11.9 Å². The van der Waals surface area contributed by atoms with Crippen molar-refractivity contribution in [2.24, 2.45) is 5.92 Å². The van der Waals surface area contributed by atoms with Gasteiger partial charge < -0.3 is 15.0 Å². The first-order valence-corrected chi connectivity index (χ1v) is 17.8. The second-order valence-corrected chi connectivity index (χ2v) is 13.8. The summed E-state index contributed by atoms with van der Waals surface area (Å²) in [5.74, 6) is -1.07. The number of esters is 1. The topological polar surface area (TPSA) is 101 Å². The van der Waals surface area contributed by atoms with Crippen LogP contribution in [0.4, 0.5) is 5.69 Å². The summed E-state index contributed by atoms with van der Waals surface area (Å²) in [7, 11) is 0. The zero-order chi connectivity index (χ0) is 32.7. The van der Waals surface area contributed by atoms with Gasteiger partial charge in [-0.25, -0.2) is 0 Å². The Kier molecular flexibility index (Phi) is 15.4. The van der Waals surface area contributed by atoms with Crippen LogP contribution in [0.5, 0.6) is 0 Å². The van der Waals surface area contributed by atoms with Gasteiger partial charge in [-0.3, -0.25) is 9.59 Å². The highest BCUT2D eigenvalue weighted by Crippen LogP contribution is 2.32. The van der Waals surface area contributed by atoms with Crippen molar-refractivity contribution in [3.63, 3.8) is 0 Å². The minimum atomic E-state index is -0.841. The van der Waals surface area contributed by atoms with Gasteiger partial charge in [-0.15, -0.1) is 9.73 Å². The largest absolute Gasteiger partial charge is 0.465 e. The third kappa shape index (κ3) is 11.8. The summed E-state index contributed by atoms with van der Waals surface area (Å²) >= 11 is 6.59. The molecule has 0 spiro atoms. The molecule has 3 rings (SSSR count).